The molecule has 26 heavy (non-hydrogen) atoms. The molecule has 0 fully saturated rings. The topological polar surface area (TPSA) is 161 Å². The van der Waals surface area contributed by atoms with E-state index < -0.39 is 45.0 Å². The van der Waals surface area contributed by atoms with Crippen molar-refractivity contribution in [1.29, 1.82) is 0 Å². The molecule has 12 heteroatoms. The number of carbonyl (C=O) groups is 2. The summed E-state index contributed by atoms with van der Waals surface area (Å²) >= 11 is 0. The fourth-order valence-electron chi connectivity index (χ4n) is 2.37. The van der Waals surface area contributed by atoms with E-state index in [2.05, 4.69) is 0 Å². The zero-order valence-corrected chi connectivity index (χ0v) is 14.6. The predicted octanol–water partition coefficient (Wildman–Crippen LogP) is 2.67. The third-order valence-electron chi connectivity index (χ3n) is 3.68. The Labute approximate surface area is 154 Å². The second-order valence-corrected chi connectivity index (χ2v) is 7.70. The molecule has 10 nitrogen and oxygen atoms in total. The Morgan fingerprint density at radius 3 is 1.46 bits per heavy atom. The summed E-state index contributed by atoms with van der Waals surface area (Å²) < 4.78 is 0. The summed E-state index contributed by atoms with van der Waals surface area (Å²) in [5.74, 6) is -5.12. The van der Waals surface area contributed by atoms with E-state index in [1.807, 2.05) is 0 Å². The first-order chi connectivity index (χ1) is 12.2. The molecule has 0 aromatic rings. The summed E-state index contributed by atoms with van der Waals surface area (Å²) in [7, 11) is 2.30. The van der Waals surface area contributed by atoms with Gasteiger partial charge in [0.15, 0.2) is 11.8 Å². The molecule has 0 heterocycles. The van der Waals surface area contributed by atoms with E-state index in [-0.39, 0.29) is 12.8 Å². The van der Waals surface area contributed by atoms with Gasteiger partial charge in [-0.15, -0.1) is 0 Å². The van der Waals surface area contributed by atoms with Crippen LogP contribution in [-0.2, 0) is 9.59 Å². The number of nitrogens with zero attached hydrogens (tertiary/aromatic N) is 2. The molecule has 0 radical (unpaired) electrons. The van der Waals surface area contributed by atoms with Crippen molar-refractivity contribution < 1.29 is 29.6 Å². The van der Waals surface area contributed by atoms with Gasteiger partial charge < -0.3 is 10.2 Å². The first kappa shape index (κ1) is 19.7. The molecule has 0 bridgehead atoms. The van der Waals surface area contributed by atoms with Crippen molar-refractivity contribution in [2.75, 3.05) is 0 Å². The molecule has 2 aliphatic carbocycles. The fraction of sp³-hybridized carbons (Fsp3) is 0.286. The van der Waals surface area contributed by atoms with Crippen LogP contribution in [0.15, 0.2) is 45.5 Å². The van der Waals surface area contributed by atoms with E-state index in [9.17, 15) is 29.8 Å². The molecule has 2 unspecified atom stereocenters. The molecule has 2 atom stereocenters. The van der Waals surface area contributed by atoms with Gasteiger partial charge in [0.1, 0.15) is 0 Å². The molecule has 0 saturated heterocycles. The molecule has 0 amide bonds. The van der Waals surface area contributed by atoms with Crippen molar-refractivity contribution in [3.8, 4) is 0 Å². The van der Waals surface area contributed by atoms with Gasteiger partial charge in [-0.2, -0.15) is 0 Å². The van der Waals surface area contributed by atoms with E-state index in [0.717, 1.165) is 33.7 Å². The monoisotopic (exact) mass is 400 g/mol. The predicted molar refractivity (Wildman–Crippen MR) is 93.0 cm³/mol. The summed E-state index contributed by atoms with van der Waals surface area (Å²) in [6.45, 7) is 0. The first-order valence-corrected chi connectivity index (χ1v) is 9.26. The van der Waals surface area contributed by atoms with Crippen LogP contribution in [0, 0.1) is 32.1 Å². The molecule has 0 aromatic heterocycles. The number of carboxylic acids is 2. The lowest BCUT2D eigenvalue weighted by Gasteiger charge is -2.18. The highest BCUT2D eigenvalue weighted by atomic mass is 33.1. The molecule has 2 rings (SSSR count). The van der Waals surface area contributed by atoms with Crippen LogP contribution in [-0.4, -0.2) is 32.0 Å². The maximum atomic E-state index is 11.2. The highest BCUT2D eigenvalue weighted by molar-refractivity contribution is 8.79. The maximum absolute atomic E-state index is 11.2. The molecule has 2 N–H and O–H groups in total. The average molecular weight is 400 g/mol. The van der Waals surface area contributed by atoms with Gasteiger partial charge in [0, 0.05) is 25.0 Å². The van der Waals surface area contributed by atoms with Gasteiger partial charge >= 0.3 is 11.9 Å². The largest absolute Gasteiger partial charge is 0.481 e. The van der Waals surface area contributed by atoms with Gasteiger partial charge in [-0.05, 0) is 22.0 Å². The van der Waals surface area contributed by atoms with E-state index in [0.29, 0.717) is 9.81 Å². The second kappa shape index (κ2) is 8.19. The van der Waals surface area contributed by atoms with Crippen molar-refractivity contribution in [3.63, 3.8) is 0 Å². The van der Waals surface area contributed by atoms with Crippen molar-refractivity contribution in [3.05, 3.63) is 65.7 Å². The zero-order chi connectivity index (χ0) is 19.4. The Bertz CT molecular complexity index is 733. The third kappa shape index (κ3) is 4.52. The van der Waals surface area contributed by atoms with Crippen LogP contribution in [0.3, 0.4) is 0 Å². The SMILES string of the molecule is O=C(O)C1CC(SSC2=CC=C([N+](=O)[O-])C(C(=O)O)C2)=CC=C1[N+](=O)[O-]. The van der Waals surface area contributed by atoms with Gasteiger partial charge in [0.2, 0.25) is 0 Å². The number of nitro groups is 2. The van der Waals surface area contributed by atoms with Gasteiger partial charge in [0.25, 0.3) is 11.4 Å². The molecule has 2 aliphatic rings. The van der Waals surface area contributed by atoms with Gasteiger partial charge in [-0.1, -0.05) is 21.6 Å². The molecule has 0 aromatic carbocycles. The van der Waals surface area contributed by atoms with Crippen LogP contribution in [0.25, 0.3) is 0 Å². The molecular weight excluding hydrogens is 388 g/mol. The molecule has 138 valence electrons. The molecule has 0 aliphatic heterocycles. The summed E-state index contributed by atoms with van der Waals surface area (Å²) in [6, 6.07) is 0. The van der Waals surface area contributed by atoms with Crippen molar-refractivity contribution in [2.24, 2.45) is 11.8 Å². The zero-order valence-electron chi connectivity index (χ0n) is 12.9. The lowest BCUT2D eigenvalue weighted by atomic mass is 9.97. The lowest BCUT2D eigenvalue weighted by Crippen LogP contribution is -2.23. The minimum atomic E-state index is -1.30. The normalized spacial score (nSPS) is 22.5. The van der Waals surface area contributed by atoms with E-state index >= 15 is 0 Å². The lowest BCUT2D eigenvalue weighted by molar-refractivity contribution is -0.432. The highest BCUT2D eigenvalue weighted by Crippen LogP contribution is 2.45. The van der Waals surface area contributed by atoms with Crippen molar-refractivity contribution >= 4 is 33.5 Å². The van der Waals surface area contributed by atoms with Crippen LogP contribution in [0.4, 0.5) is 0 Å². The van der Waals surface area contributed by atoms with Gasteiger partial charge in [0.05, 0.1) is 9.85 Å². The van der Waals surface area contributed by atoms with E-state index in [1.54, 1.807) is 0 Å². The van der Waals surface area contributed by atoms with E-state index in [4.69, 9.17) is 10.2 Å². The van der Waals surface area contributed by atoms with Crippen molar-refractivity contribution in [2.45, 2.75) is 12.8 Å². The van der Waals surface area contributed by atoms with E-state index in [1.165, 1.54) is 12.2 Å². The Hall–Kier alpha value is -2.60. The van der Waals surface area contributed by atoms with Crippen molar-refractivity contribution in [1.82, 2.24) is 0 Å². The van der Waals surface area contributed by atoms with Crippen LogP contribution in [0.5, 0.6) is 0 Å². The Kier molecular flexibility index (Phi) is 6.21. The molecule has 0 spiro atoms. The molecular formula is C14H12N2O8S2. The summed E-state index contributed by atoms with van der Waals surface area (Å²) in [5, 5.41) is 40.0. The standard InChI is InChI=1S/C14H12N2O8S2/c17-13(18)9-5-7(1-3-11(9)15(21)22)25-26-8-2-4-12(16(23)24)10(6-8)14(19)20/h1-4,9-10H,5-6H2,(H,17,18)(H,19,20). The number of carboxylic acid groups (broad SMARTS) is 2. The quantitative estimate of drug-likeness (QED) is 0.369. The Balaban J connectivity index is 2.09. The fourth-order valence-corrected chi connectivity index (χ4v) is 4.69. The average Bonchev–Trinajstić information content (AvgIpc) is 2.59. The first-order valence-electron chi connectivity index (χ1n) is 7.11. The van der Waals surface area contributed by atoms with Crippen LogP contribution >= 0.6 is 21.6 Å². The summed E-state index contributed by atoms with van der Waals surface area (Å²) in [4.78, 5) is 43.8. The number of hydrogen-bond donors (Lipinski definition) is 2. The number of hydrogen-bond acceptors (Lipinski definition) is 8. The highest BCUT2D eigenvalue weighted by Gasteiger charge is 2.36. The summed E-state index contributed by atoms with van der Waals surface area (Å²) in [6.07, 6.45) is 5.09. The van der Waals surface area contributed by atoms with Crippen LogP contribution in [0.1, 0.15) is 12.8 Å². The Morgan fingerprint density at radius 2 is 1.19 bits per heavy atom. The smallest absolute Gasteiger partial charge is 0.317 e. The van der Waals surface area contributed by atoms with Crippen LogP contribution in [0.2, 0.25) is 0 Å². The summed E-state index contributed by atoms with van der Waals surface area (Å²) in [5.41, 5.74) is -0.790. The maximum Gasteiger partial charge on any atom is 0.317 e. The number of aliphatic carboxylic acids is 2. The third-order valence-corrected chi connectivity index (χ3v) is 6.33. The van der Waals surface area contributed by atoms with Gasteiger partial charge in [-0.25, -0.2) is 0 Å². The number of rotatable bonds is 7. The van der Waals surface area contributed by atoms with Crippen LogP contribution < -0.4 is 0 Å². The molecule has 0 saturated carbocycles. The number of allylic oxidation sites excluding steroid dienone is 6. The minimum absolute atomic E-state index is 0.0502. The Morgan fingerprint density at radius 1 is 0.846 bits per heavy atom. The van der Waals surface area contributed by atoms with Gasteiger partial charge in [-0.3, -0.25) is 29.8 Å². The minimum Gasteiger partial charge on any atom is -0.481 e. The second-order valence-electron chi connectivity index (χ2n) is 5.32.